The predicted molar refractivity (Wildman–Crippen MR) is 134 cm³/mol. The van der Waals surface area contributed by atoms with Gasteiger partial charge in [-0.25, -0.2) is 4.79 Å². The summed E-state index contributed by atoms with van der Waals surface area (Å²) in [5, 5.41) is 0. The Morgan fingerprint density at radius 1 is 0.912 bits per heavy atom. The van der Waals surface area contributed by atoms with Gasteiger partial charge in [0.2, 0.25) is 0 Å². The Kier molecular flexibility index (Phi) is 7.73. The molecule has 1 heterocycles. The van der Waals surface area contributed by atoms with E-state index in [4.69, 9.17) is 14.2 Å². The quantitative estimate of drug-likeness (QED) is 0.241. The second-order valence-corrected chi connectivity index (χ2v) is 8.41. The molecule has 3 aromatic carbocycles. The number of esters is 1. The van der Waals surface area contributed by atoms with Crippen LogP contribution in [0.3, 0.4) is 0 Å². The van der Waals surface area contributed by atoms with Crippen molar-refractivity contribution in [1.29, 1.82) is 0 Å². The molecule has 0 aromatic heterocycles. The average Bonchev–Trinajstić information content (AvgIpc) is 2.89. The monoisotopic (exact) mass is 454 g/mol. The van der Waals surface area contributed by atoms with Crippen molar-refractivity contribution in [3.63, 3.8) is 0 Å². The lowest BCUT2D eigenvalue weighted by atomic mass is 9.75. The molecule has 4 nitrogen and oxygen atoms in total. The first-order valence-electron chi connectivity index (χ1n) is 11.6. The molecule has 3 aromatic rings. The van der Waals surface area contributed by atoms with E-state index in [-0.39, 0.29) is 11.4 Å². The molecule has 1 aliphatic heterocycles. The van der Waals surface area contributed by atoms with Crippen molar-refractivity contribution in [3.8, 4) is 0 Å². The maximum absolute atomic E-state index is 11.6. The molecule has 1 aliphatic rings. The first-order valence-corrected chi connectivity index (χ1v) is 11.6. The third-order valence-electron chi connectivity index (χ3n) is 5.99. The summed E-state index contributed by atoms with van der Waals surface area (Å²) in [5.41, 5.74) is 4.87. The molecule has 4 heteroatoms. The van der Waals surface area contributed by atoms with Crippen LogP contribution in [0.5, 0.6) is 0 Å². The molecule has 174 valence electrons. The van der Waals surface area contributed by atoms with Crippen LogP contribution in [0.4, 0.5) is 0 Å². The molecular formula is C30H30O4. The van der Waals surface area contributed by atoms with E-state index >= 15 is 0 Å². The number of carbonyl (C=O) groups excluding carboxylic acids is 1. The van der Waals surface area contributed by atoms with E-state index in [1.807, 2.05) is 55.5 Å². The first kappa shape index (κ1) is 23.7. The van der Waals surface area contributed by atoms with Crippen LogP contribution < -0.4 is 0 Å². The topological polar surface area (TPSA) is 44.8 Å². The molecule has 0 radical (unpaired) electrons. The van der Waals surface area contributed by atoms with Crippen molar-refractivity contribution in [2.45, 2.75) is 25.6 Å². The smallest absolute Gasteiger partial charge is 0.330 e. The van der Waals surface area contributed by atoms with Crippen LogP contribution in [0, 0.1) is 0 Å². The number of allylic oxidation sites excluding steroid dienone is 2. The summed E-state index contributed by atoms with van der Waals surface area (Å²) in [5.74, 6) is -0.325. The number of rotatable bonds is 7. The number of hydrogen-bond acceptors (Lipinski definition) is 4. The van der Waals surface area contributed by atoms with E-state index in [1.54, 1.807) is 6.92 Å². The zero-order valence-electron chi connectivity index (χ0n) is 19.6. The van der Waals surface area contributed by atoms with Crippen LogP contribution in [-0.2, 0) is 24.4 Å². The third kappa shape index (κ3) is 5.53. The van der Waals surface area contributed by atoms with Gasteiger partial charge in [-0.2, -0.15) is 0 Å². The Hall–Kier alpha value is -3.47. The van der Waals surface area contributed by atoms with E-state index < -0.39 is 6.29 Å². The highest BCUT2D eigenvalue weighted by molar-refractivity contribution is 5.83. The summed E-state index contributed by atoms with van der Waals surface area (Å²) in [7, 11) is 0. The van der Waals surface area contributed by atoms with Crippen molar-refractivity contribution in [1.82, 2.24) is 0 Å². The molecule has 4 rings (SSSR count). The Morgan fingerprint density at radius 3 is 2.00 bits per heavy atom. The van der Waals surface area contributed by atoms with Gasteiger partial charge in [0, 0.05) is 11.6 Å². The number of benzene rings is 3. The lowest BCUT2D eigenvalue weighted by Crippen LogP contribution is -2.43. The van der Waals surface area contributed by atoms with Gasteiger partial charge in [-0.15, -0.1) is 0 Å². The Balaban J connectivity index is 1.45. The lowest BCUT2D eigenvalue weighted by Gasteiger charge is -2.41. The van der Waals surface area contributed by atoms with Crippen molar-refractivity contribution >= 4 is 12.0 Å². The number of carbonyl (C=O) groups is 1. The molecule has 0 saturated carbocycles. The van der Waals surface area contributed by atoms with Crippen LogP contribution >= 0.6 is 0 Å². The highest BCUT2D eigenvalue weighted by atomic mass is 16.7. The van der Waals surface area contributed by atoms with Gasteiger partial charge >= 0.3 is 5.97 Å². The third-order valence-corrected chi connectivity index (χ3v) is 5.99. The van der Waals surface area contributed by atoms with Crippen molar-refractivity contribution in [2.24, 2.45) is 0 Å². The van der Waals surface area contributed by atoms with E-state index in [2.05, 4.69) is 48.5 Å². The molecule has 1 fully saturated rings. The summed E-state index contributed by atoms with van der Waals surface area (Å²) in [4.78, 5) is 11.6. The molecule has 0 unspecified atom stereocenters. The van der Waals surface area contributed by atoms with Crippen molar-refractivity contribution < 1.29 is 19.0 Å². The molecule has 0 aliphatic carbocycles. The second-order valence-electron chi connectivity index (χ2n) is 8.41. The summed E-state index contributed by atoms with van der Waals surface area (Å²) in [6.45, 7) is 5.10. The lowest BCUT2D eigenvalue weighted by molar-refractivity contribution is -0.207. The number of hydrogen-bond donors (Lipinski definition) is 0. The Bertz CT molecular complexity index is 1080. The zero-order valence-corrected chi connectivity index (χ0v) is 19.6. The van der Waals surface area contributed by atoms with Gasteiger partial charge in [0.25, 0.3) is 0 Å². The minimum Gasteiger partial charge on any atom is -0.463 e. The molecule has 34 heavy (non-hydrogen) atoms. The van der Waals surface area contributed by atoms with Crippen LogP contribution in [0.1, 0.15) is 42.4 Å². The molecule has 1 saturated heterocycles. The average molecular weight is 455 g/mol. The minimum absolute atomic E-state index is 0.325. The SMILES string of the molecule is CCOC(=O)/C=C(C)/C=C/c1ccc(C2OCC(c3ccccc3)(c3ccccc3)CO2)cc1. The van der Waals surface area contributed by atoms with Gasteiger partial charge in [0.05, 0.1) is 25.2 Å². The van der Waals surface area contributed by atoms with Gasteiger partial charge in [0.15, 0.2) is 6.29 Å². The van der Waals surface area contributed by atoms with E-state index in [9.17, 15) is 4.79 Å². The van der Waals surface area contributed by atoms with Crippen LogP contribution in [-0.4, -0.2) is 25.8 Å². The van der Waals surface area contributed by atoms with Crippen LogP contribution in [0.2, 0.25) is 0 Å². The van der Waals surface area contributed by atoms with Crippen molar-refractivity contribution in [3.05, 3.63) is 125 Å². The van der Waals surface area contributed by atoms with Gasteiger partial charge < -0.3 is 14.2 Å². The molecule has 0 atom stereocenters. The van der Waals surface area contributed by atoms with Gasteiger partial charge in [0.1, 0.15) is 0 Å². The standard InChI is InChI=1S/C30H30O4/c1-3-32-28(31)20-23(2)14-15-24-16-18-25(19-17-24)29-33-21-30(22-34-29,26-10-6-4-7-11-26)27-12-8-5-9-13-27/h4-20,29H,3,21-22H2,1-2H3/b15-14+,23-20+. The van der Waals surface area contributed by atoms with E-state index in [1.165, 1.54) is 17.2 Å². The highest BCUT2D eigenvalue weighted by Crippen LogP contribution is 2.39. The maximum Gasteiger partial charge on any atom is 0.330 e. The second kappa shape index (κ2) is 11.1. The fraction of sp³-hybridized carbons (Fsp3) is 0.233. The fourth-order valence-corrected chi connectivity index (χ4v) is 4.14. The predicted octanol–water partition coefficient (Wildman–Crippen LogP) is 6.24. The summed E-state index contributed by atoms with van der Waals surface area (Å²) in [6.07, 6.45) is 4.94. The van der Waals surface area contributed by atoms with Crippen LogP contribution in [0.25, 0.3) is 6.08 Å². The van der Waals surface area contributed by atoms with Gasteiger partial charge in [-0.05, 0) is 36.1 Å². The van der Waals surface area contributed by atoms with Gasteiger partial charge in [-0.1, -0.05) is 97.1 Å². The van der Waals surface area contributed by atoms with Crippen molar-refractivity contribution in [2.75, 3.05) is 19.8 Å². The normalized spacial score (nSPS) is 16.5. The minimum atomic E-state index is -0.413. The summed E-state index contributed by atoms with van der Waals surface area (Å²) < 4.78 is 17.5. The maximum atomic E-state index is 11.6. The molecule has 0 amide bonds. The molecule has 0 N–H and O–H groups in total. The fourth-order valence-electron chi connectivity index (χ4n) is 4.14. The first-order chi connectivity index (χ1) is 16.6. The number of ether oxygens (including phenoxy) is 3. The van der Waals surface area contributed by atoms with E-state index in [0.717, 1.165) is 16.7 Å². The molecular weight excluding hydrogens is 424 g/mol. The zero-order chi connectivity index (χ0) is 23.8. The van der Waals surface area contributed by atoms with Gasteiger partial charge in [-0.3, -0.25) is 0 Å². The van der Waals surface area contributed by atoms with E-state index in [0.29, 0.717) is 19.8 Å². The summed E-state index contributed by atoms with van der Waals surface area (Å²) >= 11 is 0. The molecule has 0 spiro atoms. The van der Waals surface area contributed by atoms with Crippen LogP contribution in [0.15, 0.2) is 103 Å². The Morgan fingerprint density at radius 2 is 1.47 bits per heavy atom. The summed E-state index contributed by atoms with van der Waals surface area (Å²) in [6, 6.07) is 28.9. The highest BCUT2D eigenvalue weighted by Gasteiger charge is 2.40. The Labute approximate surface area is 201 Å². The largest absolute Gasteiger partial charge is 0.463 e. The molecule has 0 bridgehead atoms.